The molecule has 3 heteroatoms. The van der Waals surface area contributed by atoms with Gasteiger partial charge in [0.1, 0.15) is 0 Å². The van der Waals surface area contributed by atoms with Crippen molar-refractivity contribution in [2.45, 2.75) is 51.2 Å². The lowest BCUT2D eigenvalue weighted by Gasteiger charge is -2.37. The summed E-state index contributed by atoms with van der Waals surface area (Å²) < 4.78 is 5.85. The first-order valence-corrected chi connectivity index (χ1v) is 6.71. The van der Waals surface area contributed by atoms with E-state index in [0.717, 1.165) is 12.8 Å². The molecule has 1 atom stereocenters. The Morgan fingerprint density at radius 2 is 1.94 bits per heavy atom. The predicted molar refractivity (Wildman–Crippen MR) is 74.2 cm³/mol. The van der Waals surface area contributed by atoms with Crippen LogP contribution in [0.15, 0.2) is 18.2 Å². The van der Waals surface area contributed by atoms with E-state index >= 15 is 0 Å². The van der Waals surface area contributed by atoms with Crippen LogP contribution in [0.4, 0.5) is 0 Å². The Morgan fingerprint density at radius 1 is 1.28 bits per heavy atom. The second-order valence-corrected chi connectivity index (χ2v) is 5.44. The summed E-state index contributed by atoms with van der Waals surface area (Å²) in [5.41, 5.74) is 6.66. The van der Waals surface area contributed by atoms with Gasteiger partial charge in [-0.3, -0.25) is 11.3 Å². The highest BCUT2D eigenvalue weighted by atomic mass is 16.5. The van der Waals surface area contributed by atoms with Crippen molar-refractivity contribution < 1.29 is 4.74 Å². The lowest BCUT2D eigenvalue weighted by molar-refractivity contribution is -0.0370. The molecule has 0 spiro atoms. The monoisotopic (exact) mass is 248 g/mol. The third-order valence-electron chi connectivity index (χ3n) is 4.29. The average molecular weight is 248 g/mol. The fourth-order valence-corrected chi connectivity index (χ4v) is 3.26. The Bertz CT molecular complexity index is 411. The van der Waals surface area contributed by atoms with E-state index in [4.69, 9.17) is 10.6 Å². The van der Waals surface area contributed by atoms with Crippen molar-refractivity contribution in [1.82, 2.24) is 5.43 Å². The first kappa shape index (κ1) is 13.5. The summed E-state index contributed by atoms with van der Waals surface area (Å²) in [6.45, 7) is 4.26. The topological polar surface area (TPSA) is 47.3 Å². The van der Waals surface area contributed by atoms with Crippen LogP contribution >= 0.6 is 0 Å². The molecule has 1 saturated carbocycles. The quantitative estimate of drug-likeness (QED) is 0.636. The molecule has 3 N–H and O–H groups in total. The average Bonchev–Trinajstić information content (AvgIpc) is 2.83. The zero-order valence-corrected chi connectivity index (χ0v) is 11.6. The van der Waals surface area contributed by atoms with Gasteiger partial charge in [0.05, 0.1) is 11.6 Å². The molecule has 0 bridgehead atoms. The summed E-state index contributed by atoms with van der Waals surface area (Å²) in [5.74, 6) is 5.82. The lowest BCUT2D eigenvalue weighted by Crippen LogP contribution is -2.46. The number of nitrogens with two attached hydrogens (primary N) is 1. The minimum atomic E-state index is -0.144. The van der Waals surface area contributed by atoms with Gasteiger partial charge in [-0.05, 0) is 37.8 Å². The smallest absolute Gasteiger partial charge is 0.0885 e. The number of benzene rings is 1. The molecule has 0 radical (unpaired) electrons. The fraction of sp³-hybridized carbons (Fsp3) is 0.600. The van der Waals surface area contributed by atoms with E-state index in [-0.39, 0.29) is 11.6 Å². The Hall–Kier alpha value is -0.900. The van der Waals surface area contributed by atoms with Crippen molar-refractivity contribution in [3.05, 3.63) is 34.9 Å². The molecule has 0 amide bonds. The SMILES string of the molecule is COC1(C(NN)c2ccc(C)cc2C)CCCC1. The van der Waals surface area contributed by atoms with Crippen molar-refractivity contribution in [2.24, 2.45) is 5.84 Å². The van der Waals surface area contributed by atoms with Crippen LogP contribution in [-0.2, 0) is 4.74 Å². The van der Waals surface area contributed by atoms with Crippen LogP contribution in [0.3, 0.4) is 0 Å². The van der Waals surface area contributed by atoms with Crippen LogP contribution in [0, 0.1) is 13.8 Å². The van der Waals surface area contributed by atoms with Crippen molar-refractivity contribution in [3.8, 4) is 0 Å². The molecule has 0 heterocycles. The van der Waals surface area contributed by atoms with Crippen molar-refractivity contribution >= 4 is 0 Å². The van der Waals surface area contributed by atoms with Crippen molar-refractivity contribution in [1.29, 1.82) is 0 Å². The highest BCUT2D eigenvalue weighted by Gasteiger charge is 2.42. The summed E-state index contributed by atoms with van der Waals surface area (Å²) in [4.78, 5) is 0. The molecule has 1 fully saturated rings. The van der Waals surface area contributed by atoms with Crippen LogP contribution in [-0.4, -0.2) is 12.7 Å². The van der Waals surface area contributed by atoms with E-state index < -0.39 is 0 Å². The maximum Gasteiger partial charge on any atom is 0.0885 e. The molecular weight excluding hydrogens is 224 g/mol. The summed E-state index contributed by atoms with van der Waals surface area (Å²) in [6, 6.07) is 6.60. The Kier molecular flexibility index (Phi) is 4.05. The standard InChI is InChI=1S/C15H24N2O/c1-11-6-7-13(12(2)10-11)14(17-16)15(18-3)8-4-5-9-15/h6-7,10,14,17H,4-5,8-9,16H2,1-3H3. The maximum absolute atomic E-state index is 5.85. The Labute approximate surface area is 110 Å². The van der Waals surface area contributed by atoms with E-state index in [0.29, 0.717) is 0 Å². The number of hydrogen-bond acceptors (Lipinski definition) is 3. The molecule has 18 heavy (non-hydrogen) atoms. The van der Waals surface area contributed by atoms with Crippen LogP contribution in [0.1, 0.15) is 48.4 Å². The number of nitrogens with one attached hydrogen (secondary N) is 1. The van der Waals surface area contributed by atoms with E-state index in [1.54, 1.807) is 7.11 Å². The predicted octanol–water partition coefficient (Wildman–Crippen LogP) is 2.77. The normalized spacial score (nSPS) is 20.0. The number of methoxy groups -OCH3 is 1. The molecule has 1 aliphatic carbocycles. The van der Waals surface area contributed by atoms with Crippen LogP contribution in [0.2, 0.25) is 0 Å². The van der Waals surface area contributed by atoms with Gasteiger partial charge in [-0.1, -0.05) is 36.6 Å². The Balaban J connectivity index is 2.38. The minimum absolute atomic E-state index is 0.0746. The van der Waals surface area contributed by atoms with Crippen LogP contribution in [0.25, 0.3) is 0 Å². The number of hydrazine groups is 1. The number of aryl methyl sites for hydroxylation is 2. The minimum Gasteiger partial charge on any atom is -0.376 e. The molecule has 1 unspecified atom stereocenters. The van der Waals surface area contributed by atoms with E-state index in [1.807, 2.05) is 0 Å². The molecule has 1 aromatic carbocycles. The third kappa shape index (κ3) is 2.30. The van der Waals surface area contributed by atoms with Gasteiger partial charge in [0.15, 0.2) is 0 Å². The largest absolute Gasteiger partial charge is 0.376 e. The van der Waals surface area contributed by atoms with E-state index in [9.17, 15) is 0 Å². The zero-order valence-electron chi connectivity index (χ0n) is 11.6. The molecular formula is C15H24N2O. The highest BCUT2D eigenvalue weighted by molar-refractivity contribution is 5.34. The fourth-order valence-electron chi connectivity index (χ4n) is 3.26. The van der Waals surface area contributed by atoms with Crippen LogP contribution < -0.4 is 11.3 Å². The molecule has 0 aromatic heterocycles. The van der Waals surface area contributed by atoms with Gasteiger partial charge >= 0.3 is 0 Å². The molecule has 3 nitrogen and oxygen atoms in total. The molecule has 100 valence electrons. The number of rotatable bonds is 4. The lowest BCUT2D eigenvalue weighted by atomic mass is 9.85. The second-order valence-electron chi connectivity index (χ2n) is 5.44. The molecule has 2 rings (SSSR count). The van der Waals surface area contributed by atoms with Crippen LogP contribution in [0.5, 0.6) is 0 Å². The maximum atomic E-state index is 5.85. The van der Waals surface area contributed by atoms with Gasteiger partial charge in [0, 0.05) is 7.11 Å². The first-order chi connectivity index (χ1) is 8.63. The highest BCUT2D eigenvalue weighted by Crippen LogP contribution is 2.42. The van der Waals surface area contributed by atoms with Crippen molar-refractivity contribution in [2.75, 3.05) is 7.11 Å². The molecule has 1 aromatic rings. The number of hydrogen-bond donors (Lipinski definition) is 2. The molecule has 0 aliphatic heterocycles. The van der Waals surface area contributed by atoms with E-state index in [1.165, 1.54) is 29.5 Å². The second kappa shape index (κ2) is 5.39. The summed E-state index contributed by atoms with van der Waals surface area (Å²) in [5, 5.41) is 0. The van der Waals surface area contributed by atoms with Gasteiger partial charge in [-0.2, -0.15) is 0 Å². The van der Waals surface area contributed by atoms with Gasteiger partial charge < -0.3 is 4.74 Å². The van der Waals surface area contributed by atoms with E-state index in [2.05, 4.69) is 37.5 Å². The van der Waals surface area contributed by atoms with Crippen molar-refractivity contribution in [3.63, 3.8) is 0 Å². The zero-order chi connectivity index (χ0) is 13.2. The summed E-state index contributed by atoms with van der Waals surface area (Å²) in [7, 11) is 1.80. The molecule has 1 aliphatic rings. The molecule has 0 saturated heterocycles. The van der Waals surface area contributed by atoms with Gasteiger partial charge in [-0.15, -0.1) is 0 Å². The first-order valence-electron chi connectivity index (χ1n) is 6.71. The van der Waals surface area contributed by atoms with Gasteiger partial charge in [0.2, 0.25) is 0 Å². The van der Waals surface area contributed by atoms with Gasteiger partial charge in [0.25, 0.3) is 0 Å². The summed E-state index contributed by atoms with van der Waals surface area (Å²) in [6.07, 6.45) is 4.59. The summed E-state index contributed by atoms with van der Waals surface area (Å²) >= 11 is 0. The third-order valence-corrected chi connectivity index (χ3v) is 4.29. The Morgan fingerprint density at radius 3 is 2.44 bits per heavy atom. The number of ether oxygens (including phenoxy) is 1. The van der Waals surface area contributed by atoms with Gasteiger partial charge in [-0.25, -0.2) is 0 Å².